The average molecular weight is 354 g/mol. The van der Waals surface area contributed by atoms with Crippen LogP contribution in [0.2, 0.25) is 0 Å². The smallest absolute Gasteiger partial charge is 0.311 e. The van der Waals surface area contributed by atoms with Crippen molar-refractivity contribution in [3.63, 3.8) is 0 Å². The quantitative estimate of drug-likeness (QED) is 0.869. The molecule has 0 heterocycles. The molecule has 1 aliphatic carbocycles. The third-order valence-electron chi connectivity index (χ3n) is 4.27. The molecular formula is C16H20BrNO3. The Morgan fingerprint density at radius 3 is 2.52 bits per heavy atom. The Balaban J connectivity index is 2.05. The van der Waals surface area contributed by atoms with Crippen LogP contribution in [0.1, 0.15) is 48.0 Å². The van der Waals surface area contributed by atoms with Crippen molar-refractivity contribution in [2.24, 2.45) is 5.41 Å². The van der Waals surface area contributed by atoms with E-state index in [1.165, 1.54) is 0 Å². The maximum Gasteiger partial charge on any atom is 0.311 e. The topological polar surface area (TPSA) is 66.4 Å². The van der Waals surface area contributed by atoms with Crippen molar-refractivity contribution in [2.45, 2.75) is 39.0 Å². The molecule has 5 heteroatoms. The highest BCUT2D eigenvalue weighted by atomic mass is 79.9. The van der Waals surface area contributed by atoms with E-state index in [4.69, 9.17) is 0 Å². The average Bonchev–Trinajstić information content (AvgIpc) is 2.48. The zero-order valence-electron chi connectivity index (χ0n) is 12.1. The zero-order valence-corrected chi connectivity index (χ0v) is 13.7. The second kappa shape index (κ2) is 6.60. The highest BCUT2D eigenvalue weighted by Crippen LogP contribution is 2.36. The van der Waals surface area contributed by atoms with Crippen LogP contribution in [-0.2, 0) is 4.79 Å². The Morgan fingerprint density at radius 1 is 1.29 bits per heavy atom. The van der Waals surface area contributed by atoms with E-state index in [2.05, 4.69) is 21.2 Å². The Labute approximate surface area is 133 Å². The molecule has 0 spiro atoms. The van der Waals surface area contributed by atoms with Crippen molar-refractivity contribution < 1.29 is 14.7 Å². The van der Waals surface area contributed by atoms with Crippen molar-refractivity contribution in [3.8, 4) is 0 Å². The molecule has 2 N–H and O–H groups in total. The molecule has 0 aliphatic heterocycles. The summed E-state index contributed by atoms with van der Waals surface area (Å²) in [5, 5.41) is 12.3. The van der Waals surface area contributed by atoms with E-state index < -0.39 is 11.4 Å². The van der Waals surface area contributed by atoms with Gasteiger partial charge in [-0.15, -0.1) is 0 Å². The van der Waals surface area contributed by atoms with Crippen LogP contribution >= 0.6 is 15.9 Å². The van der Waals surface area contributed by atoms with Crippen LogP contribution < -0.4 is 5.32 Å². The molecule has 0 unspecified atom stereocenters. The Bertz CT molecular complexity index is 550. The number of nitrogens with one attached hydrogen (secondary N) is 1. The highest BCUT2D eigenvalue weighted by molar-refractivity contribution is 9.10. The van der Waals surface area contributed by atoms with Gasteiger partial charge in [0, 0.05) is 16.6 Å². The Kier molecular flexibility index (Phi) is 5.04. The molecule has 0 saturated heterocycles. The van der Waals surface area contributed by atoms with E-state index in [0.717, 1.165) is 29.3 Å². The predicted octanol–water partition coefficient (Wildman–Crippen LogP) is 3.52. The number of carboxylic acids is 1. The molecule has 0 atom stereocenters. The summed E-state index contributed by atoms with van der Waals surface area (Å²) in [7, 11) is 0. The van der Waals surface area contributed by atoms with Gasteiger partial charge in [0.1, 0.15) is 0 Å². The Morgan fingerprint density at radius 2 is 1.95 bits per heavy atom. The second-order valence-electron chi connectivity index (χ2n) is 5.79. The number of benzene rings is 1. The standard InChI is InChI=1S/C16H20BrNO3/c1-11-9-12(5-6-13(11)17)14(19)18-10-16(15(20)21)7-3-2-4-8-16/h5-6,9H,2-4,7-8,10H2,1H3,(H,18,19)(H,20,21). The highest BCUT2D eigenvalue weighted by Gasteiger charge is 2.39. The van der Waals surface area contributed by atoms with Crippen LogP contribution in [-0.4, -0.2) is 23.5 Å². The minimum atomic E-state index is -0.797. The summed E-state index contributed by atoms with van der Waals surface area (Å²) in [5.74, 6) is -1.01. The van der Waals surface area contributed by atoms with Crippen molar-refractivity contribution in [1.82, 2.24) is 5.32 Å². The van der Waals surface area contributed by atoms with Crippen molar-refractivity contribution in [1.29, 1.82) is 0 Å². The fourth-order valence-corrected chi connectivity index (χ4v) is 3.08. The van der Waals surface area contributed by atoms with Gasteiger partial charge in [0.2, 0.25) is 0 Å². The van der Waals surface area contributed by atoms with Crippen LogP contribution in [0.15, 0.2) is 22.7 Å². The number of hydrogen-bond acceptors (Lipinski definition) is 2. The normalized spacial score (nSPS) is 17.2. The van der Waals surface area contributed by atoms with Gasteiger partial charge < -0.3 is 10.4 Å². The van der Waals surface area contributed by atoms with Gasteiger partial charge in [-0.1, -0.05) is 35.2 Å². The largest absolute Gasteiger partial charge is 0.481 e. The van der Waals surface area contributed by atoms with E-state index >= 15 is 0 Å². The minimum absolute atomic E-state index is 0.205. The van der Waals surface area contributed by atoms with Crippen molar-refractivity contribution >= 4 is 27.8 Å². The summed E-state index contributed by atoms with van der Waals surface area (Å²) in [4.78, 5) is 23.8. The fraction of sp³-hybridized carbons (Fsp3) is 0.500. The number of carboxylic acid groups (broad SMARTS) is 1. The minimum Gasteiger partial charge on any atom is -0.481 e. The number of carbonyl (C=O) groups excluding carboxylic acids is 1. The molecule has 1 fully saturated rings. The van der Waals surface area contributed by atoms with Crippen molar-refractivity contribution in [2.75, 3.05) is 6.54 Å². The first kappa shape index (κ1) is 16.0. The van der Waals surface area contributed by atoms with Crippen LogP contribution in [0.5, 0.6) is 0 Å². The summed E-state index contributed by atoms with van der Waals surface area (Å²) in [6.45, 7) is 2.12. The van der Waals surface area contributed by atoms with Gasteiger partial charge in [-0.2, -0.15) is 0 Å². The first-order valence-corrected chi connectivity index (χ1v) is 8.02. The van der Waals surface area contributed by atoms with Crippen LogP contribution in [0.3, 0.4) is 0 Å². The molecule has 1 saturated carbocycles. The van der Waals surface area contributed by atoms with E-state index in [1.54, 1.807) is 12.1 Å². The third kappa shape index (κ3) is 3.64. The van der Waals surface area contributed by atoms with Gasteiger partial charge >= 0.3 is 5.97 Å². The van der Waals surface area contributed by atoms with Crippen LogP contribution in [0.4, 0.5) is 0 Å². The molecule has 4 nitrogen and oxygen atoms in total. The second-order valence-corrected chi connectivity index (χ2v) is 6.65. The molecule has 0 aromatic heterocycles. The molecule has 0 radical (unpaired) electrons. The first-order chi connectivity index (χ1) is 9.94. The molecule has 1 aromatic rings. The van der Waals surface area contributed by atoms with E-state index in [-0.39, 0.29) is 12.5 Å². The van der Waals surface area contributed by atoms with Crippen LogP contribution in [0.25, 0.3) is 0 Å². The molecule has 0 bridgehead atoms. The molecular weight excluding hydrogens is 334 g/mol. The molecule has 1 aliphatic rings. The van der Waals surface area contributed by atoms with E-state index in [1.807, 2.05) is 13.0 Å². The van der Waals surface area contributed by atoms with Gasteiger partial charge in [-0.05, 0) is 43.5 Å². The molecule has 1 aromatic carbocycles. The number of halogens is 1. The van der Waals surface area contributed by atoms with Gasteiger partial charge in [-0.3, -0.25) is 9.59 Å². The summed E-state index contributed by atoms with van der Waals surface area (Å²) in [6, 6.07) is 5.37. The summed E-state index contributed by atoms with van der Waals surface area (Å²) >= 11 is 3.40. The summed E-state index contributed by atoms with van der Waals surface area (Å²) in [6.07, 6.45) is 4.19. The van der Waals surface area contributed by atoms with Gasteiger partial charge in [0.05, 0.1) is 5.41 Å². The number of rotatable bonds is 4. The lowest BCUT2D eigenvalue weighted by Crippen LogP contribution is -2.44. The SMILES string of the molecule is Cc1cc(C(=O)NCC2(C(=O)O)CCCCC2)ccc1Br. The van der Waals surface area contributed by atoms with Gasteiger partial charge in [0.15, 0.2) is 0 Å². The van der Waals surface area contributed by atoms with E-state index in [9.17, 15) is 14.7 Å². The number of carbonyl (C=O) groups is 2. The van der Waals surface area contributed by atoms with Crippen LogP contribution in [0, 0.1) is 12.3 Å². The lowest BCUT2D eigenvalue weighted by atomic mass is 9.74. The third-order valence-corrected chi connectivity index (χ3v) is 5.16. The number of aliphatic carboxylic acids is 1. The summed E-state index contributed by atoms with van der Waals surface area (Å²) in [5.41, 5.74) is 0.749. The number of hydrogen-bond donors (Lipinski definition) is 2. The molecule has 2 rings (SSSR count). The molecule has 1 amide bonds. The van der Waals surface area contributed by atoms with Gasteiger partial charge in [-0.25, -0.2) is 0 Å². The first-order valence-electron chi connectivity index (χ1n) is 7.22. The Hall–Kier alpha value is -1.36. The monoisotopic (exact) mass is 353 g/mol. The van der Waals surface area contributed by atoms with E-state index in [0.29, 0.717) is 18.4 Å². The molecule has 21 heavy (non-hydrogen) atoms. The maximum atomic E-state index is 12.2. The zero-order chi connectivity index (χ0) is 15.5. The number of aryl methyl sites for hydroxylation is 1. The lowest BCUT2D eigenvalue weighted by molar-refractivity contribution is -0.150. The number of amides is 1. The van der Waals surface area contributed by atoms with Gasteiger partial charge in [0.25, 0.3) is 5.91 Å². The predicted molar refractivity (Wildman–Crippen MR) is 84.4 cm³/mol. The maximum absolute atomic E-state index is 12.2. The molecule has 114 valence electrons. The lowest BCUT2D eigenvalue weighted by Gasteiger charge is -2.33. The fourth-order valence-electron chi connectivity index (χ4n) is 2.83. The van der Waals surface area contributed by atoms with Crippen molar-refractivity contribution in [3.05, 3.63) is 33.8 Å². The summed E-state index contributed by atoms with van der Waals surface area (Å²) < 4.78 is 0.952.